The zero-order valence-electron chi connectivity index (χ0n) is 6.84. The Bertz CT molecular complexity index is 326. The Balaban J connectivity index is 3.24. The van der Waals surface area contributed by atoms with Crippen LogP contribution in [0.4, 0.5) is 0 Å². The Morgan fingerprint density at radius 3 is 2.46 bits per heavy atom. The molecule has 0 saturated carbocycles. The highest BCUT2D eigenvalue weighted by Gasteiger charge is 2.14. The van der Waals surface area contributed by atoms with Gasteiger partial charge in [0.25, 0.3) is 0 Å². The molecule has 2 N–H and O–H groups in total. The minimum Gasteiger partial charge on any atom is -0.504 e. The number of phenolic OH excluding ortho intramolecular Hbond substituents is 2. The molecule has 0 aliphatic heterocycles. The van der Waals surface area contributed by atoms with Gasteiger partial charge in [0.15, 0.2) is 11.5 Å². The van der Waals surface area contributed by atoms with Crippen LogP contribution in [-0.4, -0.2) is 17.3 Å². The van der Waals surface area contributed by atoms with Gasteiger partial charge in [-0.3, -0.25) is 0 Å². The van der Waals surface area contributed by atoms with Crippen molar-refractivity contribution in [1.29, 1.82) is 0 Å². The lowest BCUT2D eigenvalue weighted by molar-refractivity contribution is 0.181. The van der Waals surface area contributed by atoms with Crippen molar-refractivity contribution in [3.63, 3.8) is 0 Å². The number of aromatic hydroxyl groups is 2. The van der Waals surface area contributed by atoms with Crippen molar-refractivity contribution in [2.45, 2.75) is 6.61 Å². The molecule has 0 unspecified atom stereocenters. The summed E-state index contributed by atoms with van der Waals surface area (Å²) < 4.78 is 4.79. The third-order valence-electron chi connectivity index (χ3n) is 1.55. The van der Waals surface area contributed by atoms with Crippen LogP contribution in [0.15, 0.2) is 6.07 Å². The molecule has 0 heterocycles. The number of hydrogen-bond acceptors (Lipinski definition) is 3. The standard InChI is InChI=1S/C8H8Cl2O3/c1-13-3-4-2-5(9)6(10)8(12)7(4)11/h2,11-12H,3H2,1H3. The summed E-state index contributed by atoms with van der Waals surface area (Å²) in [5, 5.41) is 18.8. The second-order valence-electron chi connectivity index (χ2n) is 2.46. The smallest absolute Gasteiger partial charge is 0.178 e. The summed E-state index contributed by atoms with van der Waals surface area (Å²) in [5.74, 6) is -0.711. The molecule has 1 rings (SSSR count). The van der Waals surface area contributed by atoms with Gasteiger partial charge in [0.1, 0.15) is 5.02 Å². The Morgan fingerprint density at radius 2 is 1.92 bits per heavy atom. The molecule has 13 heavy (non-hydrogen) atoms. The largest absolute Gasteiger partial charge is 0.504 e. The summed E-state index contributed by atoms with van der Waals surface area (Å²) in [6.07, 6.45) is 0. The minimum absolute atomic E-state index is 0.0565. The van der Waals surface area contributed by atoms with E-state index in [1.165, 1.54) is 13.2 Å². The van der Waals surface area contributed by atoms with E-state index in [4.69, 9.17) is 27.9 Å². The van der Waals surface area contributed by atoms with Crippen LogP contribution in [0, 0.1) is 0 Å². The predicted octanol–water partition coefficient (Wildman–Crippen LogP) is 2.55. The first-order valence-electron chi connectivity index (χ1n) is 3.45. The molecule has 0 bridgehead atoms. The molecular weight excluding hydrogens is 215 g/mol. The average Bonchev–Trinajstić information content (AvgIpc) is 2.11. The third kappa shape index (κ3) is 1.99. The van der Waals surface area contributed by atoms with E-state index in [9.17, 15) is 10.2 Å². The Hall–Kier alpha value is -0.640. The van der Waals surface area contributed by atoms with Crippen LogP contribution in [0.25, 0.3) is 0 Å². The number of phenols is 2. The summed E-state index contributed by atoms with van der Waals surface area (Å²) in [4.78, 5) is 0. The number of methoxy groups -OCH3 is 1. The van der Waals surface area contributed by atoms with Crippen LogP contribution in [0.2, 0.25) is 10.0 Å². The van der Waals surface area contributed by atoms with Gasteiger partial charge in [0.05, 0.1) is 11.6 Å². The molecule has 0 aliphatic rings. The highest BCUT2D eigenvalue weighted by atomic mass is 35.5. The molecule has 0 spiro atoms. The van der Waals surface area contributed by atoms with Gasteiger partial charge < -0.3 is 14.9 Å². The molecule has 0 atom stereocenters. The second-order valence-corrected chi connectivity index (χ2v) is 3.25. The van der Waals surface area contributed by atoms with Gasteiger partial charge in [0.2, 0.25) is 0 Å². The molecule has 5 heteroatoms. The molecule has 0 saturated heterocycles. The third-order valence-corrected chi connectivity index (χ3v) is 2.32. The van der Waals surface area contributed by atoms with Gasteiger partial charge in [-0.15, -0.1) is 0 Å². The lowest BCUT2D eigenvalue weighted by Crippen LogP contribution is -1.89. The first-order valence-corrected chi connectivity index (χ1v) is 4.21. The van der Waals surface area contributed by atoms with Gasteiger partial charge in [-0.2, -0.15) is 0 Å². The minimum atomic E-state index is -0.416. The average molecular weight is 223 g/mol. The molecule has 0 aliphatic carbocycles. The maximum atomic E-state index is 9.36. The Kier molecular flexibility index (Phi) is 3.25. The fraction of sp³-hybridized carbons (Fsp3) is 0.250. The summed E-state index contributed by atoms with van der Waals surface area (Å²) in [6, 6.07) is 1.45. The Morgan fingerprint density at radius 1 is 1.31 bits per heavy atom. The van der Waals surface area contributed by atoms with Crippen LogP contribution >= 0.6 is 23.2 Å². The van der Waals surface area contributed by atoms with E-state index in [2.05, 4.69) is 0 Å². The van der Waals surface area contributed by atoms with Crippen molar-refractivity contribution in [3.05, 3.63) is 21.7 Å². The van der Waals surface area contributed by atoms with Gasteiger partial charge in [0, 0.05) is 12.7 Å². The topological polar surface area (TPSA) is 49.7 Å². The molecule has 0 radical (unpaired) electrons. The van der Waals surface area contributed by atoms with Crippen molar-refractivity contribution in [2.24, 2.45) is 0 Å². The summed E-state index contributed by atoms with van der Waals surface area (Å²) in [5.41, 5.74) is 0.398. The number of benzene rings is 1. The molecule has 3 nitrogen and oxygen atoms in total. The normalized spacial score (nSPS) is 10.4. The van der Waals surface area contributed by atoms with Gasteiger partial charge in [-0.25, -0.2) is 0 Å². The van der Waals surface area contributed by atoms with Crippen LogP contribution in [0.5, 0.6) is 11.5 Å². The maximum Gasteiger partial charge on any atom is 0.178 e. The van der Waals surface area contributed by atoms with Crippen molar-refractivity contribution < 1.29 is 14.9 Å². The zero-order valence-corrected chi connectivity index (χ0v) is 8.35. The SMILES string of the molecule is COCc1cc(Cl)c(Cl)c(O)c1O. The van der Waals surface area contributed by atoms with E-state index in [-0.39, 0.29) is 22.4 Å². The first-order chi connectivity index (χ1) is 6.07. The van der Waals surface area contributed by atoms with E-state index in [0.717, 1.165) is 0 Å². The van der Waals surface area contributed by atoms with Crippen LogP contribution < -0.4 is 0 Å². The van der Waals surface area contributed by atoms with Crippen LogP contribution in [0.1, 0.15) is 5.56 Å². The monoisotopic (exact) mass is 222 g/mol. The van der Waals surface area contributed by atoms with E-state index in [0.29, 0.717) is 5.56 Å². The highest BCUT2D eigenvalue weighted by Crippen LogP contribution is 2.41. The molecule has 72 valence electrons. The number of halogens is 2. The van der Waals surface area contributed by atoms with Crippen molar-refractivity contribution in [3.8, 4) is 11.5 Å². The molecule has 0 amide bonds. The number of ether oxygens (including phenoxy) is 1. The van der Waals surface area contributed by atoms with Crippen LogP contribution in [0.3, 0.4) is 0 Å². The fourth-order valence-electron chi connectivity index (χ4n) is 0.919. The quantitative estimate of drug-likeness (QED) is 0.757. The second kappa shape index (κ2) is 4.05. The summed E-state index contributed by atoms with van der Waals surface area (Å²) in [6.45, 7) is 0.163. The van der Waals surface area contributed by atoms with E-state index < -0.39 is 5.75 Å². The lowest BCUT2D eigenvalue weighted by Gasteiger charge is -2.07. The first kappa shape index (κ1) is 10.4. The number of rotatable bonds is 2. The summed E-state index contributed by atoms with van der Waals surface area (Å²) >= 11 is 11.2. The van der Waals surface area contributed by atoms with Gasteiger partial charge in [-0.05, 0) is 6.07 Å². The predicted molar refractivity (Wildman–Crippen MR) is 50.5 cm³/mol. The van der Waals surface area contributed by atoms with Crippen LogP contribution in [-0.2, 0) is 11.3 Å². The molecule has 0 aromatic heterocycles. The Labute approximate surface area is 85.5 Å². The number of hydrogen-bond donors (Lipinski definition) is 2. The maximum absolute atomic E-state index is 9.36. The molecule has 1 aromatic carbocycles. The highest BCUT2D eigenvalue weighted by molar-refractivity contribution is 6.43. The van der Waals surface area contributed by atoms with Crippen molar-refractivity contribution in [1.82, 2.24) is 0 Å². The molecule has 0 fully saturated rings. The van der Waals surface area contributed by atoms with Gasteiger partial charge in [-0.1, -0.05) is 23.2 Å². The van der Waals surface area contributed by atoms with E-state index in [1.54, 1.807) is 0 Å². The van der Waals surface area contributed by atoms with E-state index >= 15 is 0 Å². The van der Waals surface area contributed by atoms with E-state index in [1.807, 2.05) is 0 Å². The summed E-state index contributed by atoms with van der Waals surface area (Å²) in [7, 11) is 1.47. The lowest BCUT2D eigenvalue weighted by atomic mass is 10.2. The molecule has 1 aromatic rings. The van der Waals surface area contributed by atoms with Crippen molar-refractivity contribution in [2.75, 3.05) is 7.11 Å². The van der Waals surface area contributed by atoms with Crippen molar-refractivity contribution >= 4 is 23.2 Å². The molecular formula is C8H8Cl2O3. The fourth-order valence-corrected chi connectivity index (χ4v) is 1.28. The zero-order chi connectivity index (χ0) is 10.0. The van der Waals surface area contributed by atoms with Gasteiger partial charge >= 0.3 is 0 Å².